The summed E-state index contributed by atoms with van der Waals surface area (Å²) >= 11 is 0. The van der Waals surface area contributed by atoms with Crippen molar-refractivity contribution in [2.75, 3.05) is 13.7 Å². The summed E-state index contributed by atoms with van der Waals surface area (Å²) in [6, 6.07) is 4.52. The Hall–Kier alpha value is -1.80. The van der Waals surface area contributed by atoms with E-state index >= 15 is 0 Å². The van der Waals surface area contributed by atoms with Gasteiger partial charge in [0.2, 0.25) is 0 Å². The number of nitrogens with one attached hydrogen (secondary N) is 1. The van der Waals surface area contributed by atoms with Crippen molar-refractivity contribution in [3.63, 3.8) is 0 Å². The quantitative estimate of drug-likeness (QED) is 0.650. The van der Waals surface area contributed by atoms with Gasteiger partial charge in [0.1, 0.15) is 5.69 Å². The molecule has 1 N–H and O–H groups in total. The summed E-state index contributed by atoms with van der Waals surface area (Å²) in [5.74, 6) is -0.362. The van der Waals surface area contributed by atoms with Crippen molar-refractivity contribution in [3.05, 3.63) is 23.5 Å². The molecule has 0 spiro atoms. The number of H-pyrrole nitrogens is 1. The molecule has 5 heteroatoms. The molecule has 0 bridgehead atoms. The molecule has 0 unspecified atom stereocenters. The van der Waals surface area contributed by atoms with Crippen LogP contribution in [0.4, 0.5) is 0 Å². The summed E-state index contributed by atoms with van der Waals surface area (Å²) in [5, 5.41) is 8.93. The van der Waals surface area contributed by atoms with Crippen LogP contribution < -0.4 is 0 Å². The lowest BCUT2D eigenvalue weighted by Gasteiger charge is -2.25. The molecular formula is C14H19N3O2. The summed E-state index contributed by atoms with van der Waals surface area (Å²) in [4.78, 5) is 16.5. The predicted molar refractivity (Wildman–Crippen MR) is 70.4 cm³/mol. The molecule has 1 aliphatic rings. The van der Waals surface area contributed by atoms with Crippen molar-refractivity contribution in [1.82, 2.24) is 9.88 Å². The number of carbonyl (C=O) groups is 1. The van der Waals surface area contributed by atoms with Gasteiger partial charge in [-0.05, 0) is 24.5 Å². The minimum Gasteiger partial charge on any atom is -0.464 e. The number of carbonyl (C=O) groups excluding carboxylic acids is 1. The number of aromatic nitrogens is 1. The second kappa shape index (κ2) is 6.39. The van der Waals surface area contributed by atoms with Gasteiger partial charge in [0.25, 0.3) is 0 Å². The molecular weight excluding hydrogens is 242 g/mol. The van der Waals surface area contributed by atoms with E-state index < -0.39 is 0 Å². The Bertz CT molecular complexity index is 469. The molecule has 1 saturated carbocycles. The molecule has 0 aliphatic heterocycles. The van der Waals surface area contributed by atoms with Crippen LogP contribution in [-0.4, -0.2) is 35.5 Å². The van der Waals surface area contributed by atoms with Crippen LogP contribution in [-0.2, 0) is 11.3 Å². The number of nitriles is 1. The third kappa shape index (κ3) is 3.36. The minimum absolute atomic E-state index is 0.362. The third-order valence-corrected chi connectivity index (χ3v) is 3.65. The van der Waals surface area contributed by atoms with Gasteiger partial charge in [0.15, 0.2) is 0 Å². The number of hydrogen-bond donors (Lipinski definition) is 1. The number of nitrogens with zero attached hydrogens (tertiary/aromatic N) is 2. The Morgan fingerprint density at radius 1 is 1.58 bits per heavy atom. The smallest absolute Gasteiger partial charge is 0.354 e. The normalized spacial score (nSPS) is 15.6. The molecule has 0 aromatic carbocycles. The van der Waals surface area contributed by atoms with Gasteiger partial charge in [-0.1, -0.05) is 12.8 Å². The zero-order valence-electron chi connectivity index (χ0n) is 11.2. The zero-order valence-corrected chi connectivity index (χ0v) is 11.2. The number of rotatable bonds is 5. The molecule has 1 aliphatic carbocycles. The minimum atomic E-state index is -0.362. The molecule has 0 saturated heterocycles. The molecule has 102 valence electrons. The maximum atomic E-state index is 11.4. The Kier molecular flexibility index (Phi) is 4.58. The SMILES string of the molecule is COC(=O)c1cc(CN(CC#N)C2CCCC2)c[nH]1. The van der Waals surface area contributed by atoms with E-state index in [-0.39, 0.29) is 5.97 Å². The fraction of sp³-hybridized carbons (Fsp3) is 0.571. The van der Waals surface area contributed by atoms with Crippen molar-refractivity contribution in [3.8, 4) is 6.07 Å². The maximum absolute atomic E-state index is 11.4. The van der Waals surface area contributed by atoms with Crippen LogP contribution in [0, 0.1) is 11.3 Å². The first-order valence-electron chi connectivity index (χ1n) is 6.61. The number of hydrogen-bond acceptors (Lipinski definition) is 4. The van der Waals surface area contributed by atoms with Gasteiger partial charge in [-0.2, -0.15) is 5.26 Å². The highest BCUT2D eigenvalue weighted by Crippen LogP contribution is 2.24. The van der Waals surface area contributed by atoms with Gasteiger partial charge in [-0.15, -0.1) is 0 Å². The maximum Gasteiger partial charge on any atom is 0.354 e. The number of methoxy groups -OCH3 is 1. The van der Waals surface area contributed by atoms with E-state index in [9.17, 15) is 4.79 Å². The predicted octanol–water partition coefficient (Wildman–Crippen LogP) is 2.07. The Labute approximate surface area is 113 Å². The summed E-state index contributed by atoms with van der Waals surface area (Å²) in [7, 11) is 1.36. The summed E-state index contributed by atoms with van der Waals surface area (Å²) in [6.07, 6.45) is 6.62. The van der Waals surface area contributed by atoms with Crippen LogP contribution in [0.2, 0.25) is 0 Å². The molecule has 5 nitrogen and oxygen atoms in total. The van der Waals surface area contributed by atoms with Crippen LogP contribution >= 0.6 is 0 Å². The van der Waals surface area contributed by atoms with Gasteiger partial charge >= 0.3 is 5.97 Å². The summed E-state index contributed by atoms with van der Waals surface area (Å²) < 4.78 is 4.67. The lowest BCUT2D eigenvalue weighted by Crippen LogP contribution is -2.32. The van der Waals surface area contributed by atoms with Crippen LogP contribution in [0.3, 0.4) is 0 Å². The lowest BCUT2D eigenvalue weighted by molar-refractivity contribution is 0.0595. The van der Waals surface area contributed by atoms with E-state index in [1.165, 1.54) is 20.0 Å². The van der Waals surface area contributed by atoms with Crippen molar-refractivity contribution in [2.24, 2.45) is 0 Å². The molecule has 19 heavy (non-hydrogen) atoms. The Morgan fingerprint density at radius 2 is 2.32 bits per heavy atom. The molecule has 0 atom stereocenters. The largest absolute Gasteiger partial charge is 0.464 e. The van der Waals surface area contributed by atoms with E-state index in [2.05, 4.69) is 20.7 Å². The van der Waals surface area contributed by atoms with E-state index in [1.54, 1.807) is 6.07 Å². The standard InChI is InChI=1S/C14H19N3O2/c1-19-14(18)13-8-11(9-16-13)10-17(7-6-15)12-4-2-3-5-12/h8-9,12,16H,2-5,7,10H2,1H3. The Morgan fingerprint density at radius 3 is 2.95 bits per heavy atom. The highest BCUT2D eigenvalue weighted by atomic mass is 16.5. The molecule has 0 radical (unpaired) electrons. The first kappa shape index (κ1) is 13.6. The van der Waals surface area contributed by atoms with E-state index in [0.717, 1.165) is 18.4 Å². The first-order chi connectivity index (χ1) is 9.24. The highest BCUT2D eigenvalue weighted by Gasteiger charge is 2.23. The fourth-order valence-electron chi connectivity index (χ4n) is 2.67. The van der Waals surface area contributed by atoms with Crippen molar-refractivity contribution < 1.29 is 9.53 Å². The van der Waals surface area contributed by atoms with E-state index in [1.807, 2.05) is 6.20 Å². The van der Waals surface area contributed by atoms with Gasteiger partial charge < -0.3 is 9.72 Å². The van der Waals surface area contributed by atoms with Crippen LogP contribution in [0.5, 0.6) is 0 Å². The van der Waals surface area contributed by atoms with Gasteiger partial charge in [0, 0.05) is 18.8 Å². The average Bonchev–Trinajstić information content (AvgIpc) is 3.08. The molecule has 1 fully saturated rings. The first-order valence-corrected chi connectivity index (χ1v) is 6.61. The van der Waals surface area contributed by atoms with Gasteiger partial charge in [-0.25, -0.2) is 4.79 Å². The Balaban J connectivity index is 2.02. The third-order valence-electron chi connectivity index (χ3n) is 3.65. The number of ether oxygens (including phenoxy) is 1. The zero-order chi connectivity index (χ0) is 13.7. The second-order valence-electron chi connectivity index (χ2n) is 4.91. The topological polar surface area (TPSA) is 69.1 Å². The highest BCUT2D eigenvalue weighted by molar-refractivity contribution is 5.87. The molecule has 0 amide bonds. The average molecular weight is 261 g/mol. The van der Waals surface area contributed by atoms with Gasteiger partial charge in [-0.3, -0.25) is 4.90 Å². The molecule has 1 aromatic rings. The molecule has 1 aromatic heterocycles. The van der Waals surface area contributed by atoms with Crippen LogP contribution in [0.1, 0.15) is 41.7 Å². The van der Waals surface area contributed by atoms with E-state index in [4.69, 9.17) is 5.26 Å². The summed E-state index contributed by atoms with van der Waals surface area (Å²) in [5.41, 5.74) is 1.48. The number of esters is 1. The van der Waals surface area contributed by atoms with Gasteiger partial charge in [0.05, 0.1) is 19.7 Å². The molecule has 1 heterocycles. The van der Waals surface area contributed by atoms with Crippen molar-refractivity contribution in [2.45, 2.75) is 38.3 Å². The van der Waals surface area contributed by atoms with Crippen molar-refractivity contribution >= 4 is 5.97 Å². The lowest BCUT2D eigenvalue weighted by atomic mass is 10.2. The van der Waals surface area contributed by atoms with E-state index in [0.29, 0.717) is 24.8 Å². The monoisotopic (exact) mass is 261 g/mol. The summed E-state index contributed by atoms with van der Waals surface area (Å²) in [6.45, 7) is 1.13. The van der Waals surface area contributed by atoms with Crippen molar-refractivity contribution in [1.29, 1.82) is 5.26 Å². The second-order valence-corrected chi connectivity index (χ2v) is 4.91. The number of aromatic amines is 1. The van der Waals surface area contributed by atoms with Crippen LogP contribution in [0.25, 0.3) is 0 Å². The van der Waals surface area contributed by atoms with Crippen LogP contribution in [0.15, 0.2) is 12.3 Å². The molecule has 2 rings (SSSR count). The fourth-order valence-corrected chi connectivity index (χ4v) is 2.67.